The zero-order valence-corrected chi connectivity index (χ0v) is 28.4. The number of esters is 5. The second-order valence-electron chi connectivity index (χ2n) is 14.1. The number of carbonyl (C=O) groups is 5. The third-order valence-corrected chi connectivity index (χ3v) is 10.8. The van der Waals surface area contributed by atoms with Gasteiger partial charge in [-0.2, -0.15) is 0 Å². The van der Waals surface area contributed by atoms with E-state index in [9.17, 15) is 34.2 Å². The van der Waals surface area contributed by atoms with Crippen LogP contribution in [0, 0.1) is 16.7 Å². The molecule has 13 nitrogen and oxygen atoms in total. The van der Waals surface area contributed by atoms with Crippen LogP contribution in [0.2, 0.25) is 0 Å². The number of carbonyl (C=O) groups excluding carboxylic acids is 5. The minimum absolute atomic E-state index is 0.0254. The van der Waals surface area contributed by atoms with Crippen molar-refractivity contribution in [3.8, 4) is 0 Å². The smallest absolute Gasteiger partial charge is 0.338 e. The fourth-order valence-electron chi connectivity index (χ4n) is 9.02. The van der Waals surface area contributed by atoms with Crippen molar-refractivity contribution in [3.63, 3.8) is 0 Å². The Morgan fingerprint density at radius 3 is 1.98 bits per heavy atom. The summed E-state index contributed by atoms with van der Waals surface area (Å²) in [6.45, 7) is 10.9. The van der Waals surface area contributed by atoms with Crippen molar-refractivity contribution in [2.75, 3.05) is 6.61 Å². The first kappa shape index (κ1) is 35.5. The second-order valence-corrected chi connectivity index (χ2v) is 14.1. The Morgan fingerprint density at radius 1 is 0.875 bits per heavy atom. The zero-order valence-electron chi connectivity index (χ0n) is 28.4. The van der Waals surface area contributed by atoms with Gasteiger partial charge in [0.25, 0.3) is 0 Å². The SMILES string of the molecule is CC(=O)O[C@H]1C[C@]2(C(C)(C)O)C(=C1C)[C@@H](O)[C@H](OC(=O)c1ccccc1)[C@]1(C)[C@H](OC(C)=O)C[C@H]3OC[C@@]3(OC(C)=O)[C@@H]1[C@H]2OC(C)=O. The first-order valence-electron chi connectivity index (χ1n) is 16.0. The number of aliphatic hydroxyl groups is 2. The van der Waals surface area contributed by atoms with Crippen LogP contribution in [0.1, 0.15) is 78.6 Å². The van der Waals surface area contributed by atoms with Gasteiger partial charge in [-0.3, -0.25) is 19.2 Å². The first-order chi connectivity index (χ1) is 22.3. The quantitative estimate of drug-likeness (QED) is 0.245. The number of hydrogen-bond acceptors (Lipinski definition) is 13. The Balaban J connectivity index is 1.90. The van der Waals surface area contributed by atoms with Gasteiger partial charge < -0.3 is 38.6 Å². The van der Waals surface area contributed by atoms with Crippen molar-refractivity contribution in [1.82, 2.24) is 0 Å². The highest BCUT2D eigenvalue weighted by Crippen LogP contribution is 2.68. The molecule has 13 heteroatoms. The highest BCUT2D eigenvalue weighted by atomic mass is 16.6. The summed E-state index contributed by atoms with van der Waals surface area (Å²) in [5.41, 5.74) is -6.13. The van der Waals surface area contributed by atoms with Crippen molar-refractivity contribution in [1.29, 1.82) is 0 Å². The molecule has 1 aliphatic heterocycles. The van der Waals surface area contributed by atoms with Gasteiger partial charge in [-0.25, -0.2) is 4.79 Å². The van der Waals surface area contributed by atoms with Crippen molar-refractivity contribution < 1.29 is 62.6 Å². The maximum atomic E-state index is 13.9. The average Bonchev–Trinajstić information content (AvgIpc) is 3.23. The van der Waals surface area contributed by atoms with Gasteiger partial charge in [-0.1, -0.05) is 25.1 Å². The molecule has 10 atom stereocenters. The molecule has 3 fully saturated rings. The third kappa shape index (κ3) is 5.39. The van der Waals surface area contributed by atoms with E-state index in [0.29, 0.717) is 5.57 Å². The standard InChI is InChI=1S/C35H44O13/c1-17-23(44-18(2)36)15-34(32(6,7)42)26(17)27(40)29(47-31(41)22-12-10-9-11-13-22)33(8)24(45-19(3)37)14-25-35(16-43-25,48-21(5)39)28(33)30(34)46-20(4)38/h9-13,23-25,27-30,40,42H,14-16H2,1-8H3/t23-,24+,25+,27+,28+,29-,30+,33+,34-,35-/m0/s1. The molecular formula is C35H44O13. The van der Waals surface area contributed by atoms with E-state index in [1.807, 2.05) is 0 Å². The van der Waals surface area contributed by atoms with E-state index in [0.717, 1.165) is 0 Å². The average molecular weight is 673 g/mol. The predicted octanol–water partition coefficient (Wildman–Crippen LogP) is 2.59. The van der Waals surface area contributed by atoms with E-state index in [4.69, 9.17) is 28.4 Å². The lowest BCUT2D eigenvalue weighted by Gasteiger charge is -2.65. The molecule has 1 aromatic rings. The van der Waals surface area contributed by atoms with Crippen LogP contribution in [-0.4, -0.2) is 94.5 Å². The van der Waals surface area contributed by atoms with E-state index in [2.05, 4.69) is 0 Å². The monoisotopic (exact) mass is 672 g/mol. The number of ether oxygens (including phenoxy) is 6. The second kappa shape index (κ2) is 12.3. The van der Waals surface area contributed by atoms with Crippen LogP contribution in [0.3, 0.4) is 0 Å². The van der Waals surface area contributed by atoms with Crippen LogP contribution in [0.15, 0.2) is 41.5 Å². The van der Waals surface area contributed by atoms with E-state index in [1.165, 1.54) is 53.7 Å². The molecule has 2 saturated carbocycles. The van der Waals surface area contributed by atoms with E-state index in [1.54, 1.807) is 32.0 Å². The molecule has 2 N–H and O–H groups in total. The molecule has 4 aliphatic rings. The summed E-state index contributed by atoms with van der Waals surface area (Å²) < 4.78 is 36.2. The van der Waals surface area contributed by atoms with Gasteiger partial charge in [0.05, 0.1) is 34.5 Å². The molecule has 5 rings (SSSR count). The van der Waals surface area contributed by atoms with Crippen molar-refractivity contribution in [2.24, 2.45) is 16.7 Å². The minimum atomic E-state index is -1.83. The van der Waals surface area contributed by atoms with Gasteiger partial charge in [0, 0.05) is 40.5 Å². The number of benzene rings is 1. The molecule has 0 unspecified atom stereocenters. The van der Waals surface area contributed by atoms with Crippen LogP contribution >= 0.6 is 0 Å². The lowest BCUT2D eigenvalue weighted by molar-refractivity contribution is -0.352. The summed E-state index contributed by atoms with van der Waals surface area (Å²) in [4.78, 5) is 64.9. The Bertz CT molecular complexity index is 1530. The van der Waals surface area contributed by atoms with Gasteiger partial charge >= 0.3 is 29.8 Å². The van der Waals surface area contributed by atoms with Gasteiger partial charge in [-0.15, -0.1) is 0 Å². The van der Waals surface area contributed by atoms with Crippen molar-refractivity contribution in [2.45, 2.75) is 116 Å². The molecule has 1 saturated heterocycles. The summed E-state index contributed by atoms with van der Waals surface area (Å²) in [5.74, 6) is -4.81. The molecule has 262 valence electrons. The van der Waals surface area contributed by atoms with Gasteiger partial charge in [-0.05, 0) is 44.1 Å². The Kier molecular flexibility index (Phi) is 9.07. The highest BCUT2D eigenvalue weighted by molar-refractivity contribution is 5.89. The Hall–Kier alpha value is -3.81. The Labute approximate surface area is 278 Å². The van der Waals surface area contributed by atoms with Crippen LogP contribution in [0.4, 0.5) is 0 Å². The topological polar surface area (TPSA) is 181 Å². The summed E-state index contributed by atoms with van der Waals surface area (Å²) in [7, 11) is 0. The largest absolute Gasteiger partial charge is 0.462 e. The van der Waals surface area contributed by atoms with E-state index in [-0.39, 0.29) is 30.6 Å². The van der Waals surface area contributed by atoms with Gasteiger partial charge in [0.1, 0.15) is 36.6 Å². The van der Waals surface area contributed by atoms with Crippen LogP contribution in [-0.2, 0) is 47.6 Å². The maximum absolute atomic E-state index is 13.9. The number of fused-ring (bicyclic) bond motifs is 4. The van der Waals surface area contributed by atoms with Crippen LogP contribution in [0.25, 0.3) is 0 Å². The summed E-state index contributed by atoms with van der Waals surface area (Å²) >= 11 is 0. The molecule has 0 radical (unpaired) electrons. The first-order valence-corrected chi connectivity index (χ1v) is 16.0. The van der Waals surface area contributed by atoms with Crippen molar-refractivity contribution in [3.05, 3.63) is 47.0 Å². The molecule has 48 heavy (non-hydrogen) atoms. The maximum Gasteiger partial charge on any atom is 0.338 e. The Morgan fingerprint density at radius 2 is 1.48 bits per heavy atom. The lowest BCUT2D eigenvalue weighted by Crippen LogP contribution is -2.79. The minimum Gasteiger partial charge on any atom is -0.462 e. The third-order valence-electron chi connectivity index (χ3n) is 10.8. The van der Waals surface area contributed by atoms with Gasteiger partial charge in [0.15, 0.2) is 5.60 Å². The van der Waals surface area contributed by atoms with E-state index < -0.39 is 94.4 Å². The zero-order chi connectivity index (χ0) is 35.6. The van der Waals surface area contributed by atoms with E-state index >= 15 is 0 Å². The van der Waals surface area contributed by atoms with Crippen molar-refractivity contribution >= 4 is 29.8 Å². The molecule has 1 aromatic carbocycles. The molecule has 0 aromatic heterocycles. The van der Waals surface area contributed by atoms with Crippen LogP contribution < -0.4 is 0 Å². The fraction of sp³-hybridized carbons (Fsp3) is 0.629. The predicted molar refractivity (Wildman–Crippen MR) is 165 cm³/mol. The molecule has 0 spiro atoms. The van der Waals surface area contributed by atoms with Gasteiger partial charge in [0.2, 0.25) is 0 Å². The molecule has 3 aliphatic carbocycles. The number of hydrogen-bond donors (Lipinski definition) is 2. The summed E-state index contributed by atoms with van der Waals surface area (Å²) in [6, 6.07) is 8.07. The molecule has 1 heterocycles. The molecular weight excluding hydrogens is 628 g/mol. The van der Waals surface area contributed by atoms with Crippen LogP contribution in [0.5, 0.6) is 0 Å². The summed E-state index contributed by atoms with van der Waals surface area (Å²) in [5, 5.41) is 25.0. The number of rotatable bonds is 7. The summed E-state index contributed by atoms with van der Waals surface area (Å²) in [6.07, 6.45) is -7.92. The lowest BCUT2D eigenvalue weighted by atomic mass is 9.49. The fourth-order valence-corrected chi connectivity index (χ4v) is 9.02. The highest BCUT2D eigenvalue weighted by Gasteiger charge is 2.80. The molecule has 0 bridgehead atoms. The molecule has 0 amide bonds. The normalized spacial score (nSPS) is 37.0. The number of aliphatic hydroxyl groups excluding tert-OH is 1.